The van der Waals surface area contributed by atoms with Crippen LogP contribution in [0.5, 0.6) is 0 Å². The monoisotopic (exact) mass is 326 g/mol. The van der Waals surface area contributed by atoms with Gasteiger partial charge in [-0.2, -0.15) is 0 Å². The van der Waals surface area contributed by atoms with Crippen molar-refractivity contribution in [1.82, 2.24) is 9.78 Å². The van der Waals surface area contributed by atoms with Gasteiger partial charge in [0.05, 0.1) is 16.7 Å². The van der Waals surface area contributed by atoms with Gasteiger partial charge in [-0.05, 0) is 46.5 Å². The van der Waals surface area contributed by atoms with Crippen LogP contribution < -0.4 is 4.90 Å². The molecule has 128 valence electrons. The smallest absolute Gasteiger partial charge is 0.416 e. The van der Waals surface area contributed by atoms with Crippen molar-refractivity contribution in [2.24, 2.45) is 0 Å². The Balaban J connectivity index is 2.58. The van der Waals surface area contributed by atoms with Crippen molar-refractivity contribution in [3.63, 3.8) is 0 Å². The number of nitrogens with zero attached hydrogens (tertiary/aromatic N) is 4. The number of hydrogen-bond donors (Lipinski definition) is 1. The van der Waals surface area contributed by atoms with Gasteiger partial charge < -0.3 is 20.0 Å². The molecule has 0 spiro atoms. The van der Waals surface area contributed by atoms with Gasteiger partial charge in [0, 0.05) is 6.42 Å². The minimum Gasteiger partial charge on any atom is -0.443 e. The first-order chi connectivity index (χ1) is 10.2. The van der Waals surface area contributed by atoms with Crippen LogP contribution in [0.3, 0.4) is 0 Å². The van der Waals surface area contributed by atoms with Crippen LogP contribution in [0.15, 0.2) is 6.07 Å². The third-order valence-electron chi connectivity index (χ3n) is 3.50. The van der Waals surface area contributed by atoms with Crippen LogP contribution in [0, 0.1) is 10.1 Å². The zero-order chi connectivity index (χ0) is 17.8. The molecule has 1 aromatic rings. The highest BCUT2D eigenvalue weighted by Crippen LogP contribution is 2.42. The van der Waals surface area contributed by atoms with Crippen molar-refractivity contribution in [3.8, 4) is 0 Å². The van der Waals surface area contributed by atoms with E-state index in [1.165, 1.54) is 17.9 Å². The number of anilines is 1. The van der Waals surface area contributed by atoms with Crippen molar-refractivity contribution in [2.75, 3.05) is 4.90 Å². The number of aliphatic hydroxyl groups is 1. The Labute approximate surface area is 134 Å². The predicted molar refractivity (Wildman–Crippen MR) is 82.2 cm³/mol. The highest BCUT2D eigenvalue weighted by Gasteiger charge is 2.51. The van der Waals surface area contributed by atoms with Gasteiger partial charge in [-0.1, -0.05) is 0 Å². The first-order valence-corrected chi connectivity index (χ1v) is 7.25. The van der Waals surface area contributed by atoms with Crippen molar-refractivity contribution in [3.05, 3.63) is 16.2 Å². The Hall–Kier alpha value is -2.16. The summed E-state index contributed by atoms with van der Waals surface area (Å²) in [5, 5.41) is 25.4. The van der Waals surface area contributed by atoms with Gasteiger partial charge in [-0.3, -0.25) is 4.90 Å². The molecular formula is C14H22N4O5. The topological polar surface area (TPSA) is 111 Å². The molecule has 0 saturated heterocycles. The third kappa shape index (κ3) is 3.14. The molecule has 0 bridgehead atoms. The lowest BCUT2D eigenvalue weighted by Crippen LogP contribution is -2.59. The van der Waals surface area contributed by atoms with Crippen LogP contribution in [0.2, 0.25) is 0 Å². The average Bonchev–Trinajstić information content (AvgIpc) is 2.68. The summed E-state index contributed by atoms with van der Waals surface area (Å²) in [6.45, 7) is 10.2. The van der Waals surface area contributed by atoms with E-state index in [1.54, 1.807) is 34.6 Å². The zero-order valence-electron chi connectivity index (χ0n) is 14.2. The lowest BCUT2D eigenvalue weighted by molar-refractivity contribution is -0.390. The summed E-state index contributed by atoms with van der Waals surface area (Å²) in [5.41, 5.74) is -2.98. The van der Waals surface area contributed by atoms with E-state index in [-0.39, 0.29) is 12.2 Å². The first-order valence-electron chi connectivity index (χ1n) is 7.25. The van der Waals surface area contributed by atoms with E-state index in [4.69, 9.17) is 4.74 Å². The molecule has 0 aliphatic carbocycles. The van der Waals surface area contributed by atoms with E-state index in [1.807, 2.05) is 0 Å². The van der Waals surface area contributed by atoms with E-state index < -0.39 is 33.7 Å². The number of carbonyl (C=O) groups excluding carboxylic acids is 1. The van der Waals surface area contributed by atoms with Crippen LogP contribution in [0.25, 0.3) is 0 Å². The van der Waals surface area contributed by atoms with Gasteiger partial charge in [0.15, 0.2) is 11.5 Å². The lowest BCUT2D eigenvalue weighted by Gasteiger charge is -2.46. The standard InChI is InChI=1S/C14H22N4O5/c1-12(2,3)23-11(19)16-10-7-9(18(21)22)15-17(10)14(6,20)8-13(16,4)5/h7,20H,8H2,1-6H3. The number of carbonyl (C=O) groups is 1. The molecule has 0 radical (unpaired) electrons. The van der Waals surface area contributed by atoms with Gasteiger partial charge in [0.2, 0.25) is 0 Å². The molecule has 23 heavy (non-hydrogen) atoms. The van der Waals surface area contributed by atoms with Crippen LogP contribution >= 0.6 is 0 Å². The maximum absolute atomic E-state index is 12.6. The van der Waals surface area contributed by atoms with Crippen LogP contribution in [0.1, 0.15) is 48.0 Å². The second kappa shape index (κ2) is 4.92. The summed E-state index contributed by atoms with van der Waals surface area (Å²) in [5.74, 6) is -0.307. The SMILES string of the molecule is CC(C)(C)OC(=O)N1c2cc([N+](=O)[O-])nn2C(C)(O)CC1(C)C. The molecule has 2 rings (SSSR count). The second-order valence-electron chi connectivity index (χ2n) is 7.55. The molecule has 1 amide bonds. The second-order valence-corrected chi connectivity index (χ2v) is 7.55. The first kappa shape index (κ1) is 17.2. The predicted octanol–water partition coefficient (Wildman–Crippen LogP) is 2.38. The zero-order valence-corrected chi connectivity index (χ0v) is 14.2. The van der Waals surface area contributed by atoms with E-state index in [0.29, 0.717) is 0 Å². The number of hydrogen-bond acceptors (Lipinski definition) is 6. The normalized spacial score (nSPS) is 23.3. The van der Waals surface area contributed by atoms with E-state index in [9.17, 15) is 20.0 Å². The molecule has 1 aliphatic rings. The van der Waals surface area contributed by atoms with Crippen molar-refractivity contribution in [2.45, 2.75) is 64.8 Å². The lowest BCUT2D eigenvalue weighted by atomic mass is 9.89. The highest BCUT2D eigenvalue weighted by molar-refractivity contribution is 5.89. The molecule has 0 aromatic carbocycles. The fourth-order valence-electron chi connectivity index (χ4n) is 2.89. The Kier molecular flexibility index (Phi) is 3.68. The minimum absolute atomic E-state index is 0.132. The van der Waals surface area contributed by atoms with E-state index >= 15 is 0 Å². The summed E-state index contributed by atoms with van der Waals surface area (Å²) in [7, 11) is 0. The maximum Gasteiger partial charge on any atom is 0.416 e. The quantitative estimate of drug-likeness (QED) is 0.626. The Morgan fingerprint density at radius 3 is 2.48 bits per heavy atom. The van der Waals surface area contributed by atoms with Gasteiger partial charge in [0.1, 0.15) is 5.60 Å². The van der Waals surface area contributed by atoms with E-state index in [0.717, 1.165) is 4.68 Å². The molecule has 1 N–H and O–H groups in total. The summed E-state index contributed by atoms with van der Waals surface area (Å²) in [6, 6.07) is 1.17. The number of ether oxygens (including phenoxy) is 1. The van der Waals surface area contributed by atoms with Gasteiger partial charge in [0.25, 0.3) is 0 Å². The molecule has 1 unspecified atom stereocenters. The maximum atomic E-state index is 12.6. The molecule has 0 saturated carbocycles. The number of rotatable bonds is 1. The van der Waals surface area contributed by atoms with Crippen LogP contribution in [-0.2, 0) is 10.5 Å². The largest absolute Gasteiger partial charge is 0.443 e. The van der Waals surface area contributed by atoms with Crippen molar-refractivity contribution in [1.29, 1.82) is 0 Å². The fraction of sp³-hybridized carbons (Fsp3) is 0.714. The summed E-state index contributed by atoms with van der Waals surface area (Å²) >= 11 is 0. The molecule has 1 atom stereocenters. The molecule has 9 heteroatoms. The third-order valence-corrected chi connectivity index (χ3v) is 3.50. The summed E-state index contributed by atoms with van der Waals surface area (Å²) in [6.07, 6.45) is -0.500. The van der Waals surface area contributed by atoms with E-state index in [2.05, 4.69) is 5.10 Å². The van der Waals surface area contributed by atoms with Crippen LogP contribution in [0.4, 0.5) is 16.4 Å². The highest BCUT2D eigenvalue weighted by atomic mass is 16.6. The molecule has 9 nitrogen and oxygen atoms in total. The summed E-state index contributed by atoms with van der Waals surface area (Å²) in [4.78, 5) is 24.2. The number of aromatic nitrogens is 2. The molecule has 1 aliphatic heterocycles. The number of amides is 1. The molecular weight excluding hydrogens is 304 g/mol. The Morgan fingerprint density at radius 1 is 1.43 bits per heavy atom. The minimum atomic E-state index is -1.45. The van der Waals surface area contributed by atoms with Crippen molar-refractivity contribution >= 4 is 17.7 Å². The fourth-order valence-corrected chi connectivity index (χ4v) is 2.89. The molecule has 2 heterocycles. The molecule has 1 aromatic heterocycles. The number of fused-ring (bicyclic) bond motifs is 1. The Morgan fingerprint density at radius 2 is 2.00 bits per heavy atom. The Bertz CT molecular complexity index is 657. The van der Waals surface area contributed by atoms with Gasteiger partial charge >= 0.3 is 11.9 Å². The van der Waals surface area contributed by atoms with Gasteiger partial charge in [-0.25, -0.2) is 4.79 Å². The van der Waals surface area contributed by atoms with Gasteiger partial charge in [-0.15, -0.1) is 4.68 Å². The average molecular weight is 326 g/mol. The summed E-state index contributed by atoms with van der Waals surface area (Å²) < 4.78 is 6.50. The van der Waals surface area contributed by atoms with Crippen LogP contribution in [-0.4, -0.2) is 37.0 Å². The molecule has 0 fully saturated rings. The van der Waals surface area contributed by atoms with Crippen molar-refractivity contribution < 1.29 is 19.6 Å². The number of nitro groups is 1.